The molecule has 2 aromatic carbocycles. The van der Waals surface area contributed by atoms with E-state index in [2.05, 4.69) is 30.5 Å². The number of rotatable bonds is 8. The zero-order valence-corrected chi connectivity index (χ0v) is 27.4. The standard InChI is InChI=1S/C33H41N3O8Si/c1-19-31(45(4,5)24-11-9-23(42-3)10-12-24)27(16-28(39)35-14-6-7-22(35)18-37)44-33(19)25-15-21(8-13-26(25)34-32(33)41)36-29(40)17-30(36)43-20(2)38/h8-13,15,19,22,27,30-31,37H,6-7,14,16-18H2,1-5H3,(H,34,41)/t19-,22+,27+,30?,31-,33+/m1/s1. The first-order valence-corrected chi connectivity index (χ1v) is 18.7. The maximum atomic E-state index is 14.1. The molecule has 0 aromatic heterocycles. The SMILES string of the molecule is COc1ccc([Si](C)(C)[C@H]2[C@H](CC(=O)N3CCC[C@H]3CO)O[C@@]3(C(=O)Nc4ccc(N5C(=O)CC5OC(C)=O)cc43)[C@@H]2C)cc1. The van der Waals surface area contributed by atoms with Crippen molar-refractivity contribution in [1.29, 1.82) is 0 Å². The molecule has 3 amide bonds. The summed E-state index contributed by atoms with van der Waals surface area (Å²) in [4.78, 5) is 55.4. The molecule has 3 saturated heterocycles. The summed E-state index contributed by atoms with van der Waals surface area (Å²) in [5.41, 5.74) is 0.150. The first-order chi connectivity index (χ1) is 21.4. The fourth-order valence-corrected chi connectivity index (χ4v) is 12.1. The summed E-state index contributed by atoms with van der Waals surface area (Å²) in [7, 11) is -0.833. The Hall–Kier alpha value is -3.74. The number of anilines is 2. The highest BCUT2D eigenvalue weighted by Gasteiger charge is 2.65. The smallest absolute Gasteiger partial charge is 0.304 e. The molecule has 2 aromatic rings. The molecule has 1 spiro atoms. The molecule has 4 heterocycles. The minimum atomic E-state index is -2.46. The number of amides is 3. The number of carbonyl (C=O) groups is 4. The van der Waals surface area contributed by atoms with Crippen LogP contribution in [0.3, 0.4) is 0 Å². The molecule has 2 N–H and O–H groups in total. The first kappa shape index (κ1) is 31.2. The second-order valence-electron chi connectivity index (χ2n) is 13.1. The number of aliphatic hydroxyl groups is 1. The van der Waals surface area contributed by atoms with E-state index in [-0.39, 0.29) is 54.7 Å². The van der Waals surface area contributed by atoms with Crippen LogP contribution in [0.1, 0.15) is 45.1 Å². The number of nitrogens with zero attached hydrogens (tertiary/aromatic N) is 2. The summed E-state index contributed by atoms with van der Waals surface area (Å²) < 4.78 is 17.7. The number of fused-ring (bicyclic) bond motifs is 2. The third kappa shape index (κ3) is 5.03. The highest BCUT2D eigenvalue weighted by Crippen LogP contribution is 2.59. The van der Waals surface area contributed by atoms with Crippen LogP contribution in [0.25, 0.3) is 0 Å². The topological polar surface area (TPSA) is 135 Å². The normalized spacial score (nSPS) is 29.1. The number of hydrogen-bond acceptors (Lipinski definition) is 8. The summed E-state index contributed by atoms with van der Waals surface area (Å²) in [6, 6.07) is 13.0. The Balaban J connectivity index is 1.41. The first-order valence-electron chi connectivity index (χ1n) is 15.6. The van der Waals surface area contributed by atoms with Crippen LogP contribution in [0.4, 0.5) is 11.4 Å². The van der Waals surface area contributed by atoms with Gasteiger partial charge in [-0.2, -0.15) is 0 Å². The van der Waals surface area contributed by atoms with Gasteiger partial charge in [0.25, 0.3) is 5.91 Å². The van der Waals surface area contributed by atoms with Gasteiger partial charge in [0.05, 0.1) is 46.8 Å². The van der Waals surface area contributed by atoms with Gasteiger partial charge in [0, 0.05) is 36.3 Å². The van der Waals surface area contributed by atoms with Gasteiger partial charge < -0.3 is 29.5 Å². The van der Waals surface area contributed by atoms with Crippen molar-refractivity contribution >= 4 is 48.3 Å². The van der Waals surface area contributed by atoms with Crippen molar-refractivity contribution in [2.45, 2.75) is 82.1 Å². The Morgan fingerprint density at radius 2 is 1.89 bits per heavy atom. The molecule has 0 bridgehead atoms. The Morgan fingerprint density at radius 3 is 2.53 bits per heavy atom. The van der Waals surface area contributed by atoms with E-state index in [1.165, 1.54) is 11.8 Å². The van der Waals surface area contributed by atoms with Crippen LogP contribution in [-0.2, 0) is 34.3 Å². The van der Waals surface area contributed by atoms with Gasteiger partial charge >= 0.3 is 5.97 Å². The number of esters is 1. The summed E-state index contributed by atoms with van der Waals surface area (Å²) in [5, 5.41) is 14.1. The monoisotopic (exact) mass is 635 g/mol. The Kier molecular flexibility index (Phi) is 8.03. The van der Waals surface area contributed by atoms with Crippen molar-refractivity contribution in [2.24, 2.45) is 5.92 Å². The average Bonchev–Trinajstić information content (AvgIpc) is 3.67. The van der Waals surface area contributed by atoms with Gasteiger partial charge in [0.2, 0.25) is 11.8 Å². The van der Waals surface area contributed by atoms with Gasteiger partial charge in [-0.1, -0.05) is 37.3 Å². The van der Waals surface area contributed by atoms with Crippen LogP contribution < -0.4 is 20.1 Å². The van der Waals surface area contributed by atoms with Crippen molar-refractivity contribution in [1.82, 2.24) is 4.90 Å². The van der Waals surface area contributed by atoms with Gasteiger partial charge in [-0.25, -0.2) is 0 Å². The van der Waals surface area contributed by atoms with Crippen molar-refractivity contribution in [2.75, 3.05) is 30.5 Å². The lowest BCUT2D eigenvalue weighted by molar-refractivity contribution is -0.154. The third-order valence-corrected chi connectivity index (χ3v) is 14.7. The molecule has 3 fully saturated rings. The number of benzene rings is 2. The number of hydrogen-bond donors (Lipinski definition) is 2. The molecule has 6 atom stereocenters. The highest BCUT2D eigenvalue weighted by atomic mass is 28.3. The zero-order valence-electron chi connectivity index (χ0n) is 26.4. The fourth-order valence-electron chi connectivity index (χ4n) is 8.10. The predicted molar refractivity (Wildman–Crippen MR) is 169 cm³/mol. The fraction of sp³-hybridized carbons (Fsp3) is 0.515. The molecule has 45 heavy (non-hydrogen) atoms. The second-order valence-corrected chi connectivity index (χ2v) is 17.8. The average molecular weight is 636 g/mol. The Bertz CT molecular complexity index is 1530. The summed E-state index contributed by atoms with van der Waals surface area (Å²) >= 11 is 0. The second kappa shape index (κ2) is 11.6. The van der Waals surface area contributed by atoms with E-state index in [1.807, 2.05) is 19.1 Å². The van der Waals surface area contributed by atoms with E-state index >= 15 is 0 Å². The molecule has 0 aliphatic carbocycles. The molecule has 6 rings (SSSR count). The van der Waals surface area contributed by atoms with Crippen LogP contribution in [-0.4, -0.2) is 80.4 Å². The van der Waals surface area contributed by atoms with E-state index in [9.17, 15) is 24.3 Å². The molecule has 4 aliphatic rings. The van der Waals surface area contributed by atoms with E-state index < -0.39 is 32.0 Å². The van der Waals surface area contributed by atoms with Crippen LogP contribution in [0.2, 0.25) is 18.6 Å². The molecule has 4 aliphatic heterocycles. The van der Waals surface area contributed by atoms with Gasteiger partial charge in [-0.15, -0.1) is 0 Å². The minimum absolute atomic E-state index is 0.0846. The summed E-state index contributed by atoms with van der Waals surface area (Å²) in [5.74, 6) is -0.654. The third-order valence-electron chi connectivity index (χ3n) is 10.3. The van der Waals surface area contributed by atoms with Gasteiger partial charge in [0.15, 0.2) is 11.8 Å². The van der Waals surface area contributed by atoms with E-state index in [0.717, 1.165) is 23.8 Å². The number of β-lactam (4-membered cyclic amide) rings is 1. The number of likely N-dealkylation sites (tertiary alicyclic amines) is 1. The van der Waals surface area contributed by atoms with Gasteiger partial charge in [-0.05, 0) is 48.7 Å². The van der Waals surface area contributed by atoms with Crippen molar-refractivity contribution in [3.8, 4) is 5.75 Å². The van der Waals surface area contributed by atoms with Gasteiger partial charge in [-0.3, -0.25) is 24.1 Å². The van der Waals surface area contributed by atoms with E-state index in [1.54, 1.807) is 30.2 Å². The molecule has 11 nitrogen and oxygen atoms in total. The Morgan fingerprint density at radius 1 is 1.16 bits per heavy atom. The molecular formula is C33H41N3O8Si. The Labute approximate surface area is 263 Å². The van der Waals surface area contributed by atoms with Crippen LogP contribution in [0.5, 0.6) is 5.75 Å². The molecule has 0 saturated carbocycles. The van der Waals surface area contributed by atoms with E-state index in [0.29, 0.717) is 23.5 Å². The maximum absolute atomic E-state index is 14.1. The number of ether oxygens (including phenoxy) is 3. The molecular weight excluding hydrogens is 594 g/mol. The quantitative estimate of drug-likeness (QED) is 0.257. The lowest BCUT2D eigenvalue weighted by atomic mass is 9.82. The lowest BCUT2D eigenvalue weighted by Crippen LogP contribution is -2.55. The number of aliphatic hydroxyl groups excluding tert-OH is 1. The van der Waals surface area contributed by atoms with Gasteiger partial charge in [0.1, 0.15) is 5.75 Å². The van der Waals surface area contributed by atoms with Crippen LogP contribution >= 0.6 is 0 Å². The van der Waals surface area contributed by atoms with Crippen LogP contribution in [0, 0.1) is 5.92 Å². The largest absolute Gasteiger partial charge is 0.497 e. The highest BCUT2D eigenvalue weighted by molar-refractivity contribution is 6.91. The lowest BCUT2D eigenvalue weighted by Gasteiger charge is -2.39. The van der Waals surface area contributed by atoms with E-state index in [4.69, 9.17) is 14.2 Å². The van der Waals surface area contributed by atoms with Crippen molar-refractivity contribution < 1.29 is 38.5 Å². The molecule has 240 valence electrons. The maximum Gasteiger partial charge on any atom is 0.304 e. The number of nitrogens with one attached hydrogen (secondary N) is 1. The number of carbonyl (C=O) groups excluding carboxylic acids is 4. The minimum Gasteiger partial charge on any atom is -0.497 e. The molecule has 0 radical (unpaired) electrons. The van der Waals surface area contributed by atoms with Crippen LogP contribution in [0.15, 0.2) is 42.5 Å². The summed E-state index contributed by atoms with van der Waals surface area (Å²) in [6.45, 7) is 8.31. The number of methoxy groups -OCH3 is 1. The molecule has 1 unspecified atom stereocenters. The zero-order chi connectivity index (χ0) is 32.3. The molecule has 12 heteroatoms. The van der Waals surface area contributed by atoms with Crippen molar-refractivity contribution in [3.05, 3.63) is 48.0 Å². The van der Waals surface area contributed by atoms with Crippen molar-refractivity contribution in [3.63, 3.8) is 0 Å². The summed E-state index contributed by atoms with van der Waals surface area (Å²) in [6.07, 6.45) is 0.477. The predicted octanol–water partition coefficient (Wildman–Crippen LogP) is 2.86.